The van der Waals surface area contributed by atoms with Gasteiger partial charge in [0, 0.05) is 30.0 Å². The lowest BCUT2D eigenvalue weighted by molar-refractivity contribution is -0.150. The number of amides is 3. The van der Waals surface area contributed by atoms with Gasteiger partial charge in [-0.1, -0.05) is 6.07 Å². The zero-order valence-electron chi connectivity index (χ0n) is 17.4. The minimum Gasteiger partial charge on any atom is -0.384 e. The molecule has 4 rings (SSSR count). The number of anilines is 3. The molecule has 3 amide bonds. The monoisotopic (exact) mass is 455 g/mol. The summed E-state index contributed by atoms with van der Waals surface area (Å²) in [6.07, 6.45) is -2.32. The third kappa shape index (κ3) is 4.54. The zero-order valence-corrected chi connectivity index (χ0v) is 17.4. The summed E-state index contributed by atoms with van der Waals surface area (Å²) in [4.78, 5) is 38.6. The maximum atomic E-state index is 14.0. The number of carbonyl (C=O) groups excluding carboxylic acids is 3. The van der Waals surface area contributed by atoms with Gasteiger partial charge in [0.1, 0.15) is 11.7 Å². The molecule has 0 unspecified atom stereocenters. The summed E-state index contributed by atoms with van der Waals surface area (Å²) < 4.78 is 19.4. The van der Waals surface area contributed by atoms with Crippen LogP contribution >= 0.6 is 0 Å². The summed E-state index contributed by atoms with van der Waals surface area (Å²) in [7, 11) is 0. The molecule has 0 aromatic heterocycles. The van der Waals surface area contributed by atoms with Crippen LogP contribution in [0.5, 0.6) is 0 Å². The smallest absolute Gasteiger partial charge is 0.259 e. The SMILES string of the molecule is N=C(N)c1ccc(NC(=O)[C@H](O)[C@H]2OCCN(c3ccc4c(c3)NC(=O)CC4)C2=O)cc1F. The molecule has 2 aromatic rings. The van der Waals surface area contributed by atoms with Crippen LogP contribution in [0.3, 0.4) is 0 Å². The van der Waals surface area contributed by atoms with Crippen molar-refractivity contribution in [1.82, 2.24) is 0 Å². The van der Waals surface area contributed by atoms with E-state index in [1.165, 1.54) is 17.0 Å². The Morgan fingerprint density at radius 1 is 1.27 bits per heavy atom. The topological polar surface area (TPSA) is 158 Å². The molecule has 2 aliphatic heterocycles. The number of nitrogens with one attached hydrogen (secondary N) is 3. The van der Waals surface area contributed by atoms with E-state index in [1.807, 2.05) is 6.07 Å². The number of amidine groups is 1. The summed E-state index contributed by atoms with van der Waals surface area (Å²) in [6, 6.07) is 8.74. The molecule has 0 radical (unpaired) electrons. The van der Waals surface area contributed by atoms with Crippen molar-refractivity contribution in [3.63, 3.8) is 0 Å². The fraction of sp³-hybridized carbons (Fsp3) is 0.273. The van der Waals surface area contributed by atoms with Crippen LogP contribution < -0.4 is 21.3 Å². The van der Waals surface area contributed by atoms with Gasteiger partial charge in [0.05, 0.1) is 12.2 Å². The molecule has 33 heavy (non-hydrogen) atoms. The fourth-order valence-electron chi connectivity index (χ4n) is 3.78. The number of aryl methyl sites for hydroxylation is 1. The first kappa shape index (κ1) is 22.4. The summed E-state index contributed by atoms with van der Waals surface area (Å²) in [6.45, 7) is 0.278. The number of rotatable bonds is 5. The zero-order chi connectivity index (χ0) is 23.7. The second-order valence-electron chi connectivity index (χ2n) is 7.71. The third-order valence-electron chi connectivity index (χ3n) is 5.50. The average Bonchev–Trinajstić information content (AvgIpc) is 2.78. The number of halogens is 1. The van der Waals surface area contributed by atoms with Crippen LogP contribution in [0.2, 0.25) is 0 Å². The molecule has 172 valence electrons. The van der Waals surface area contributed by atoms with E-state index in [0.717, 1.165) is 11.6 Å². The average molecular weight is 455 g/mol. The number of nitrogens with two attached hydrogens (primary N) is 1. The molecule has 6 N–H and O–H groups in total. The van der Waals surface area contributed by atoms with Gasteiger partial charge in [-0.3, -0.25) is 19.8 Å². The van der Waals surface area contributed by atoms with Gasteiger partial charge >= 0.3 is 0 Å². The molecule has 10 nitrogen and oxygen atoms in total. The number of nitrogen functional groups attached to an aromatic ring is 1. The Balaban J connectivity index is 1.48. The standard InChI is InChI=1S/C22H22FN5O5/c23-15-9-12(3-5-14(15)20(24)25)26-21(31)18(30)19-22(32)28(7-8-33-19)13-4-1-11-2-6-17(29)27-16(11)10-13/h1,3-5,9-10,18-19,30H,2,6-8H2,(H3,24,25)(H,26,31)(H,27,29)/t18-,19-/m1/s1. The second kappa shape index (κ2) is 8.96. The Labute approximate surface area is 188 Å². The summed E-state index contributed by atoms with van der Waals surface area (Å²) in [5.41, 5.74) is 7.24. The molecule has 2 atom stereocenters. The van der Waals surface area contributed by atoms with Crippen LogP contribution in [0.1, 0.15) is 17.5 Å². The molecule has 0 bridgehead atoms. The van der Waals surface area contributed by atoms with E-state index in [0.29, 0.717) is 24.2 Å². The Hall–Kier alpha value is -3.83. The predicted molar refractivity (Wildman–Crippen MR) is 118 cm³/mol. The first-order valence-electron chi connectivity index (χ1n) is 10.2. The minimum absolute atomic E-state index is 0.0205. The number of ether oxygens (including phenoxy) is 1. The van der Waals surface area contributed by atoms with E-state index in [9.17, 15) is 23.9 Å². The second-order valence-corrected chi connectivity index (χ2v) is 7.71. The predicted octanol–water partition coefficient (Wildman–Crippen LogP) is 0.726. The Kier molecular flexibility index (Phi) is 6.07. The van der Waals surface area contributed by atoms with Crippen molar-refractivity contribution < 1.29 is 28.6 Å². The Morgan fingerprint density at radius 2 is 2.06 bits per heavy atom. The quantitative estimate of drug-likeness (QED) is 0.330. The number of hydrogen-bond acceptors (Lipinski definition) is 6. The van der Waals surface area contributed by atoms with Crippen LogP contribution in [-0.4, -0.2) is 54.0 Å². The number of morpholine rings is 1. The number of aliphatic hydroxyl groups excluding tert-OH is 1. The van der Waals surface area contributed by atoms with Crippen molar-refractivity contribution in [2.24, 2.45) is 5.73 Å². The molecular formula is C22H22FN5O5. The number of carbonyl (C=O) groups is 3. The highest BCUT2D eigenvalue weighted by Crippen LogP contribution is 2.29. The third-order valence-corrected chi connectivity index (χ3v) is 5.50. The van der Waals surface area contributed by atoms with Crippen LogP contribution in [-0.2, 0) is 25.5 Å². The van der Waals surface area contributed by atoms with Gasteiger partial charge in [0.2, 0.25) is 5.91 Å². The number of benzene rings is 2. The molecule has 0 saturated carbocycles. The summed E-state index contributed by atoms with van der Waals surface area (Å²) >= 11 is 0. The first-order valence-corrected chi connectivity index (χ1v) is 10.2. The van der Waals surface area contributed by atoms with Crippen molar-refractivity contribution >= 4 is 40.6 Å². The largest absolute Gasteiger partial charge is 0.384 e. The molecule has 1 saturated heterocycles. The van der Waals surface area contributed by atoms with Crippen molar-refractivity contribution in [3.05, 3.63) is 53.3 Å². The maximum absolute atomic E-state index is 14.0. The summed E-state index contributed by atoms with van der Waals surface area (Å²) in [5, 5.41) is 22.9. The molecule has 0 aliphatic carbocycles. The summed E-state index contributed by atoms with van der Waals surface area (Å²) in [5.74, 6) is -2.96. The molecular weight excluding hydrogens is 433 g/mol. The number of fused-ring (bicyclic) bond motifs is 1. The van der Waals surface area contributed by atoms with Gasteiger partial charge in [0.15, 0.2) is 12.2 Å². The van der Waals surface area contributed by atoms with Gasteiger partial charge in [-0.2, -0.15) is 0 Å². The molecule has 2 heterocycles. The van der Waals surface area contributed by atoms with E-state index in [1.54, 1.807) is 12.1 Å². The van der Waals surface area contributed by atoms with Crippen LogP contribution in [0.4, 0.5) is 21.5 Å². The van der Waals surface area contributed by atoms with Crippen molar-refractivity contribution in [2.45, 2.75) is 25.0 Å². The van der Waals surface area contributed by atoms with Crippen molar-refractivity contribution in [3.8, 4) is 0 Å². The van der Waals surface area contributed by atoms with E-state index in [-0.39, 0.29) is 30.3 Å². The van der Waals surface area contributed by atoms with Crippen molar-refractivity contribution in [2.75, 3.05) is 28.7 Å². The molecule has 11 heteroatoms. The van der Waals surface area contributed by atoms with Gasteiger partial charge in [-0.25, -0.2) is 4.39 Å². The van der Waals surface area contributed by atoms with E-state index >= 15 is 0 Å². The van der Waals surface area contributed by atoms with Gasteiger partial charge in [-0.15, -0.1) is 0 Å². The van der Waals surface area contributed by atoms with Gasteiger partial charge in [-0.05, 0) is 42.3 Å². The van der Waals surface area contributed by atoms with E-state index in [4.69, 9.17) is 15.9 Å². The van der Waals surface area contributed by atoms with Gasteiger partial charge < -0.3 is 31.1 Å². The number of nitrogens with zero attached hydrogens (tertiary/aromatic N) is 1. The Bertz CT molecular complexity index is 1150. The van der Waals surface area contributed by atoms with Gasteiger partial charge in [0.25, 0.3) is 11.8 Å². The lowest BCUT2D eigenvalue weighted by atomic mass is 10.0. The fourth-order valence-corrected chi connectivity index (χ4v) is 3.78. The van der Waals surface area contributed by atoms with E-state index < -0.39 is 35.7 Å². The Morgan fingerprint density at radius 3 is 2.79 bits per heavy atom. The van der Waals surface area contributed by atoms with E-state index in [2.05, 4.69) is 10.6 Å². The van der Waals surface area contributed by atoms with Crippen LogP contribution in [0.25, 0.3) is 0 Å². The molecule has 2 aliphatic rings. The highest BCUT2D eigenvalue weighted by atomic mass is 19.1. The lowest BCUT2D eigenvalue weighted by Crippen LogP contribution is -2.55. The van der Waals surface area contributed by atoms with Crippen molar-refractivity contribution in [1.29, 1.82) is 5.41 Å². The highest BCUT2D eigenvalue weighted by molar-refractivity contribution is 6.04. The normalized spacial score (nSPS) is 18.8. The van der Waals surface area contributed by atoms with Crippen LogP contribution in [0, 0.1) is 11.2 Å². The molecule has 1 fully saturated rings. The maximum Gasteiger partial charge on any atom is 0.259 e. The lowest BCUT2D eigenvalue weighted by Gasteiger charge is -2.34. The highest BCUT2D eigenvalue weighted by Gasteiger charge is 2.39. The number of aliphatic hydroxyl groups is 1. The molecule has 0 spiro atoms. The minimum atomic E-state index is -1.85. The molecule has 2 aromatic carbocycles. The first-order chi connectivity index (χ1) is 15.7. The number of hydrogen-bond donors (Lipinski definition) is 5. The van der Waals surface area contributed by atoms with Crippen LogP contribution in [0.15, 0.2) is 36.4 Å².